The molecule has 0 saturated carbocycles. The van der Waals surface area contributed by atoms with E-state index in [4.69, 9.17) is 5.73 Å². The molecule has 1 saturated heterocycles. The first-order chi connectivity index (χ1) is 11.5. The van der Waals surface area contributed by atoms with Crippen LogP contribution < -0.4 is 11.1 Å². The minimum Gasteiger partial charge on any atom is -0.508 e. The second-order valence-corrected chi connectivity index (χ2v) is 5.99. The lowest BCUT2D eigenvalue weighted by Gasteiger charge is -2.01. The monoisotopic (exact) mass is 339 g/mol. The van der Waals surface area contributed by atoms with Gasteiger partial charge in [-0.05, 0) is 47.7 Å². The fraction of sp³-hybridized carbons (Fsp3) is 0. The average Bonchev–Trinajstić information content (AvgIpc) is 2.89. The van der Waals surface area contributed by atoms with Gasteiger partial charge < -0.3 is 16.2 Å². The van der Waals surface area contributed by atoms with E-state index in [0.717, 1.165) is 5.56 Å². The van der Waals surface area contributed by atoms with E-state index in [1.807, 2.05) is 0 Å². The first-order valence-electron chi connectivity index (χ1n) is 7.00. The molecule has 2 aromatic carbocycles. The number of benzene rings is 2. The first-order valence-corrected chi connectivity index (χ1v) is 7.82. The van der Waals surface area contributed by atoms with Crippen molar-refractivity contribution < 1.29 is 14.7 Å². The van der Waals surface area contributed by atoms with Crippen molar-refractivity contribution in [1.82, 2.24) is 5.32 Å². The number of nitrogens with zero attached hydrogens (tertiary/aromatic N) is 1. The molecule has 2 aromatic rings. The van der Waals surface area contributed by atoms with Crippen LogP contribution in [0.15, 0.2) is 58.4 Å². The van der Waals surface area contributed by atoms with Gasteiger partial charge in [-0.3, -0.25) is 9.59 Å². The predicted octanol–water partition coefficient (Wildman–Crippen LogP) is 2.38. The SMILES string of the molecule is NC(=O)c1ccccc1N=C1NC(=O)/C(=C/c2ccc(O)cc2)S1. The number of rotatable bonds is 3. The Hall–Kier alpha value is -3.06. The summed E-state index contributed by atoms with van der Waals surface area (Å²) in [6.45, 7) is 0. The normalized spacial score (nSPS) is 17.2. The summed E-state index contributed by atoms with van der Waals surface area (Å²) in [7, 11) is 0. The molecule has 1 aliphatic heterocycles. The molecule has 0 atom stereocenters. The van der Waals surface area contributed by atoms with Gasteiger partial charge in [-0.25, -0.2) is 4.99 Å². The van der Waals surface area contributed by atoms with Crippen LogP contribution in [0, 0.1) is 0 Å². The van der Waals surface area contributed by atoms with Crippen molar-refractivity contribution in [3.05, 3.63) is 64.6 Å². The van der Waals surface area contributed by atoms with Gasteiger partial charge in [0.25, 0.3) is 11.8 Å². The third-order valence-corrected chi connectivity index (χ3v) is 4.14. The minimum atomic E-state index is -0.580. The van der Waals surface area contributed by atoms with E-state index in [1.54, 1.807) is 54.6 Å². The highest BCUT2D eigenvalue weighted by Gasteiger charge is 2.24. The summed E-state index contributed by atoms with van der Waals surface area (Å²) >= 11 is 1.17. The molecule has 24 heavy (non-hydrogen) atoms. The number of aliphatic imine (C=N–C) groups is 1. The molecule has 0 aromatic heterocycles. The molecule has 4 N–H and O–H groups in total. The molecule has 0 unspecified atom stereocenters. The maximum atomic E-state index is 12.0. The molecule has 0 bridgehead atoms. The summed E-state index contributed by atoms with van der Waals surface area (Å²) in [4.78, 5) is 28.2. The lowest BCUT2D eigenvalue weighted by molar-refractivity contribution is -0.115. The number of amides is 2. The van der Waals surface area contributed by atoms with Crippen LogP contribution in [0.2, 0.25) is 0 Å². The molecule has 2 amide bonds. The lowest BCUT2D eigenvalue weighted by atomic mass is 10.2. The number of phenolic OH excluding ortho intramolecular Hbond substituents is 1. The molecule has 0 spiro atoms. The Morgan fingerprint density at radius 1 is 1.17 bits per heavy atom. The maximum Gasteiger partial charge on any atom is 0.264 e. The highest BCUT2D eigenvalue weighted by atomic mass is 32.2. The summed E-state index contributed by atoms with van der Waals surface area (Å²) < 4.78 is 0. The van der Waals surface area contributed by atoms with Crippen molar-refractivity contribution in [2.24, 2.45) is 10.7 Å². The molecule has 3 rings (SSSR count). The van der Waals surface area contributed by atoms with Gasteiger partial charge in [0.2, 0.25) is 0 Å². The second-order valence-electron chi connectivity index (χ2n) is 4.95. The Kier molecular flexibility index (Phi) is 4.35. The maximum absolute atomic E-state index is 12.0. The lowest BCUT2D eigenvalue weighted by Crippen LogP contribution is -2.19. The number of nitrogens with one attached hydrogen (secondary N) is 1. The van der Waals surface area contributed by atoms with Gasteiger partial charge in [-0.15, -0.1) is 0 Å². The van der Waals surface area contributed by atoms with E-state index in [9.17, 15) is 14.7 Å². The standard InChI is InChI=1S/C17H13N3O3S/c18-15(22)12-3-1-2-4-13(12)19-17-20-16(23)14(24-17)9-10-5-7-11(21)8-6-10/h1-9,21H,(H2,18,22)(H,19,20,23)/b14-9-. The largest absolute Gasteiger partial charge is 0.508 e. The van der Waals surface area contributed by atoms with Crippen LogP contribution in [0.4, 0.5) is 5.69 Å². The number of carbonyl (C=O) groups excluding carboxylic acids is 2. The average molecular weight is 339 g/mol. The number of carbonyl (C=O) groups is 2. The van der Waals surface area contributed by atoms with Crippen molar-refractivity contribution in [3.8, 4) is 5.75 Å². The van der Waals surface area contributed by atoms with Gasteiger partial charge in [0.1, 0.15) is 5.75 Å². The number of para-hydroxylation sites is 1. The Morgan fingerprint density at radius 3 is 2.58 bits per heavy atom. The molecule has 0 aliphatic carbocycles. The van der Waals surface area contributed by atoms with Gasteiger partial charge in [0.05, 0.1) is 16.2 Å². The topological polar surface area (TPSA) is 105 Å². The van der Waals surface area contributed by atoms with Crippen LogP contribution in [0.25, 0.3) is 6.08 Å². The number of aromatic hydroxyl groups is 1. The van der Waals surface area contributed by atoms with E-state index >= 15 is 0 Å². The quantitative estimate of drug-likeness (QED) is 0.747. The van der Waals surface area contributed by atoms with Crippen LogP contribution in [-0.4, -0.2) is 22.1 Å². The fourth-order valence-electron chi connectivity index (χ4n) is 2.09. The number of phenols is 1. The zero-order valence-electron chi connectivity index (χ0n) is 12.4. The van der Waals surface area contributed by atoms with Gasteiger partial charge in [-0.1, -0.05) is 24.3 Å². The van der Waals surface area contributed by atoms with E-state index in [2.05, 4.69) is 10.3 Å². The van der Waals surface area contributed by atoms with E-state index in [0.29, 0.717) is 15.8 Å². The van der Waals surface area contributed by atoms with Crippen LogP contribution in [0.3, 0.4) is 0 Å². The van der Waals surface area contributed by atoms with Crippen LogP contribution in [-0.2, 0) is 4.79 Å². The highest BCUT2D eigenvalue weighted by molar-refractivity contribution is 8.18. The van der Waals surface area contributed by atoms with Gasteiger partial charge in [0, 0.05) is 0 Å². The van der Waals surface area contributed by atoms with Crippen molar-refractivity contribution in [2.45, 2.75) is 0 Å². The van der Waals surface area contributed by atoms with Crippen LogP contribution in [0.1, 0.15) is 15.9 Å². The van der Waals surface area contributed by atoms with E-state index < -0.39 is 5.91 Å². The van der Waals surface area contributed by atoms with Crippen LogP contribution in [0.5, 0.6) is 5.75 Å². The highest BCUT2D eigenvalue weighted by Crippen LogP contribution is 2.29. The predicted molar refractivity (Wildman–Crippen MR) is 93.9 cm³/mol. The third-order valence-electron chi connectivity index (χ3n) is 3.23. The molecular weight excluding hydrogens is 326 g/mol. The minimum absolute atomic E-state index is 0.158. The number of hydrogen-bond donors (Lipinski definition) is 3. The van der Waals surface area contributed by atoms with Crippen molar-refractivity contribution in [3.63, 3.8) is 0 Å². The Balaban J connectivity index is 1.87. The molecule has 0 radical (unpaired) electrons. The zero-order chi connectivity index (χ0) is 17.1. The van der Waals surface area contributed by atoms with E-state index in [1.165, 1.54) is 11.8 Å². The molecule has 1 fully saturated rings. The summed E-state index contributed by atoms with van der Waals surface area (Å²) in [6.07, 6.45) is 1.70. The van der Waals surface area contributed by atoms with Gasteiger partial charge >= 0.3 is 0 Å². The molecular formula is C17H13N3O3S. The summed E-state index contributed by atoms with van der Waals surface area (Å²) in [5, 5.41) is 12.3. The fourth-order valence-corrected chi connectivity index (χ4v) is 2.93. The van der Waals surface area contributed by atoms with Gasteiger partial charge in [-0.2, -0.15) is 0 Å². The zero-order valence-corrected chi connectivity index (χ0v) is 13.2. The number of primary amides is 1. The van der Waals surface area contributed by atoms with E-state index in [-0.39, 0.29) is 17.2 Å². The number of nitrogens with two attached hydrogens (primary N) is 1. The smallest absolute Gasteiger partial charge is 0.264 e. The summed E-state index contributed by atoms with van der Waals surface area (Å²) in [5.74, 6) is -0.696. The molecule has 120 valence electrons. The third kappa shape index (κ3) is 3.47. The van der Waals surface area contributed by atoms with Crippen molar-refractivity contribution in [2.75, 3.05) is 0 Å². The summed E-state index contributed by atoms with van der Waals surface area (Å²) in [5.41, 5.74) is 6.79. The van der Waals surface area contributed by atoms with Crippen molar-refractivity contribution >= 4 is 40.5 Å². The molecule has 6 nitrogen and oxygen atoms in total. The molecule has 1 heterocycles. The second kappa shape index (κ2) is 6.59. The number of hydrogen-bond acceptors (Lipinski definition) is 5. The van der Waals surface area contributed by atoms with Gasteiger partial charge in [0.15, 0.2) is 5.17 Å². The Bertz CT molecular complexity index is 873. The summed E-state index contributed by atoms with van der Waals surface area (Å²) in [6, 6.07) is 13.2. The molecule has 1 aliphatic rings. The molecule has 7 heteroatoms. The Morgan fingerprint density at radius 2 is 1.88 bits per heavy atom. The number of amidine groups is 1. The number of thioether (sulfide) groups is 1. The Labute approximate surface area is 142 Å². The van der Waals surface area contributed by atoms with Crippen molar-refractivity contribution in [1.29, 1.82) is 0 Å². The first kappa shape index (κ1) is 15.8. The van der Waals surface area contributed by atoms with Crippen LogP contribution >= 0.6 is 11.8 Å².